The van der Waals surface area contributed by atoms with E-state index in [2.05, 4.69) is 0 Å². The van der Waals surface area contributed by atoms with E-state index in [-0.39, 0.29) is 30.9 Å². The predicted molar refractivity (Wildman–Crippen MR) is 179 cm³/mol. The zero-order valence-corrected chi connectivity index (χ0v) is 27.0. The maximum Gasteiger partial charge on any atom is 0.253 e. The number of carbonyl (C=O) groups excluding carboxylic acids is 3. The smallest absolute Gasteiger partial charge is 0.253 e. The number of aliphatic hydroxyl groups is 1. The second kappa shape index (κ2) is 12.4. The molecule has 1 N–H and O–H groups in total. The number of aliphatic hydroxyl groups excluding tert-OH is 1. The highest BCUT2D eigenvalue weighted by molar-refractivity contribution is 6.34. The Hall–Kier alpha value is -4.24. The molecule has 9 heteroatoms. The number of para-hydroxylation sites is 1. The summed E-state index contributed by atoms with van der Waals surface area (Å²) in [6.45, 7) is 2.54. The molecule has 6 atom stereocenters. The lowest BCUT2D eigenvalue weighted by Crippen LogP contribution is -2.59. The molecule has 4 heterocycles. The van der Waals surface area contributed by atoms with Crippen LogP contribution in [0.3, 0.4) is 0 Å². The van der Waals surface area contributed by atoms with Crippen LogP contribution in [0.2, 0.25) is 5.02 Å². The van der Waals surface area contributed by atoms with E-state index in [1.54, 1.807) is 28.0 Å². The van der Waals surface area contributed by atoms with Gasteiger partial charge in [0.15, 0.2) is 0 Å². The number of anilines is 1. The number of nitrogens with zero attached hydrogens (tertiary/aromatic N) is 3. The fourth-order valence-corrected chi connectivity index (χ4v) is 8.35. The number of likely N-dealkylation sites (tertiary alicyclic amines) is 1. The normalized spacial score (nSPS) is 29.0. The Bertz CT molecular complexity index is 1730. The number of rotatable bonds is 8. The van der Waals surface area contributed by atoms with E-state index in [0.717, 1.165) is 11.1 Å². The number of ether oxygens (including phenoxy) is 1. The minimum absolute atomic E-state index is 0.187. The average Bonchev–Trinajstić information content (AvgIpc) is 3.39. The second-order valence-corrected chi connectivity index (χ2v) is 13.2. The third kappa shape index (κ3) is 5.10. The number of benzene rings is 3. The molecule has 0 aliphatic carbocycles. The zero-order chi connectivity index (χ0) is 32.8. The van der Waals surface area contributed by atoms with E-state index >= 15 is 4.79 Å². The van der Waals surface area contributed by atoms with Gasteiger partial charge in [0.05, 0.1) is 40.8 Å². The van der Waals surface area contributed by atoms with Crippen LogP contribution in [-0.2, 0) is 32.1 Å². The van der Waals surface area contributed by atoms with Crippen molar-refractivity contribution in [2.45, 2.75) is 49.6 Å². The number of amides is 3. The predicted octanol–water partition coefficient (Wildman–Crippen LogP) is 4.81. The van der Waals surface area contributed by atoms with Gasteiger partial charge in [-0.2, -0.15) is 0 Å². The molecule has 3 amide bonds. The van der Waals surface area contributed by atoms with Gasteiger partial charge in [-0.15, -0.1) is 0 Å². The lowest BCUT2D eigenvalue weighted by atomic mass is 9.73. The van der Waals surface area contributed by atoms with Crippen LogP contribution in [0.15, 0.2) is 109 Å². The van der Waals surface area contributed by atoms with Crippen molar-refractivity contribution in [3.63, 3.8) is 0 Å². The van der Waals surface area contributed by atoms with Crippen molar-refractivity contribution in [1.29, 1.82) is 0 Å². The van der Waals surface area contributed by atoms with Crippen LogP contribution in [-0.4, -0.2) is 75.6 Å². The maximum absolute atomic E-state index is 15.1. The molecule has 47 heavy (non-hydrogen) atoms. The minimum Gasteiger partial charge on any atom is -0.394 e. The van der Waals surface area contributed by atoms with Gasteiger partial charge in [0.2, 0.25) is 11.8 Å². The van der Waals surface area contributed by atoms with E-state index < -0.39 is 35.1 Å². The van der Waals surface area contributed by atoms with Crippen molar-refractivity contribution < 1.29 is 24.2 Å². The average molecular weight is 652 g/mol. The number of halogens is 1. The summed E-state index contributed by atoms with van der Waals surface area (Å²) in [4.78, 5) is 49.6. The Kier molecular flexibility index (Phi) is 8.28. The molecule has 3 aromatic rings. The molecule has 0 saturated carbocycles. The summed E-state index contributed by atoms with van der Waals surface area (Å²) in [6.07, 6.45) is 8.32. The molecule has 0 aromatic heterocycles. The standard InChI is InChI=1S/C38H38ClN3O5/c1-2-37-19-11-21-40(24-27-15-7-4-8-16-27)34(44)31(37)32-35(45)42(28(25-43)23-26-13-5-3-6-14-26)33-36(46)41(22-12-20-38(32,33)47-37)30-18-10-9-17-29(30)39/h3-20,28,31-33,43H,2,21-25H2,1H3/t28-,31-,32+,33?,37+,38+/m1/s1. The van der Waals surface area contributed by atoms with Crippen LogP contribution >= 0.6 is 11.6 Å². The monoisotopic (exact) mass is 651 g/mol. The highest BCUT2D eigenvalue weighted by Crippen LogP contribution is 2.59. The molecular formula is C38H38ClN3O5. The molecule has 4 aliphatic heterocycles. The number of hydrogen-bond donors (Lipinski definition) is 1. The quantitative estimate of drug-likeness (QED) is 0.354. The first-order valence-corrected chi connectivity index (χ1v) is 16.6. The van der Waals surface area contributed by atoms with Crippen molar-refractivity contribution in [2.24, 2.45) is 11.8 Å². The molecule has 2 fully saturated rings. The molecular weight excluding hydrogens is 614 g/mol. The van der Waals surface area contributed by atoms with E-state index in [0.29, 0.717) is 36.6 Å². The summed E-state index contributed by atoms with van der Waals surface area (Å²) in [7, 11) is 0. The third-order valence-corrected chi connectivity index (χ3v) is 10.6. The van der Waals surface area contributed by atoms with Gasteiger partial charge < -0.3 is 24.5 Å². The van der Waals surface area contributed by atoms with Crippen LogP contribution in [0.4, 0.5) is 5.69 Å². The first kappa shape index (κ1) is 31.4. The van der Waals surface area contributed by atoms with Crippen molar-refractivity contribution in [2.75, 3.05) is 24.6 Å². The van der Waals surface area contributed by atoms with Gasteiger partial charge in [-0.05, 0) is 36.1 Å². The zero-order valence-electron chi connectivity index (χ0n) is 26.2. The Morgan fingerprint density at radius 1 is 0.830 bits per heavy atom. The molecule has 2 saturated heterocycles. The van der Waals surface area contributed by atoms with Crippen LogP contribution in [0.25, 0.3) is 0 Å². The van der Waals surface area contributed by atoms with E-state index in [4.69, 9.17) is 16.3 Å². The molecule has 1 spiro atoms. The summed E-state index contributed by atoms with van der Waals surface area (Å²) in [5, 5.41) is 11.2. The molecule has 7 rings (SSSR count). The number of fused-ring (bicyclic) bond motifs is 2. The SMILES string of the molecule is CC[C@]12C=CCN(Cc3ccccc3)C(=O)[C@H]1[C@H]1C(=O)N([C@@H](CO)Cc3ccccc3)C3C(=O)N(c4ccccc4Cl)CC=C[C@@]31O2. The van der Waals surface area contributed by atoms with Gasteiger partial charge in [0.25, 0.3) is 5.91 Å². The van der Waals surface area contributed by atoms with Crippen LogP contribution in [0, 0.1) is 11.8 Å². The summed E-state index contributed by atoms with van der Waals surface area (Å²) in [5.41, 5.74) is -0.151. The van der Waals surface area contributed by atoms with E-state index in [9.17, 15) is 14.7 Å². The van der Waals surface area contributed by atoms with Crippen LogP contribution in [0.5, 0.6) is 0 Å². The number of carbonyl (C=O) groups is 3. The minimum atomic E-state index is -1.45. The molecule has 242 valence electrons. The fraction of sp³-hybridized carbons (Fsp3) is 0.342. The van der Waals surface area contributed by atoms with Gasteiger partial charge in [-0.1, -0.05) is 116 Å². The van der Waals surface area contributed by atoms with Crippen molar-refractivity contribution >= 4 is 35.0 Å². The van der Waals surface area contributed by atoms with E-state index in [1.807, 2.05) is 98.0 Å². The largest absolute Gasteiger partial charge is 0.394 e. The van der Waals surface area contributed by atoms with Gasteiger partial charge in [0, 0.05) is 19.6 Å². The molecule has 0 bridgehead atoms. The van der Waals surface area contributed by atoms with Gasteiger partial charge in [-0.3, -0.25) is 14.4 Å². The molecule has 3 aromatic carbocycles. The lowest BCUT2D eigenvalue weighted by molar-refractivity contribution is -0.152. The Balaban J connectivity index is 1.36. The molecule has 4 aliphatic rings. The Morgan fingerprint density at radius 3 is 2.17 bits per heavy atom. The second-order valence-electron chi connectivity index (χ2n) is 12.8. The van der Waals surface area contributed by atoms with Gasteiger partial charge in [0.1, 0.15) is 11.6 Å². The lowest BCUT2D eigenvalue weighted by Gasteiger charge is -2.41. The maximum atomic E-state index is 15.1. The molecule has 0 radical (unpaired) electrons. The Morgan fingerprint density at radius 2 is 1.49 bits per heavy atom. The summed E-state index contributed by atoms with van der Waals surface area (Å²) >= 11 is 6.63. The highest BCUT2D eigenvalue weighted by Gasteiger charge is 2.76. The summed E-state index contributed by atoms with van der Waals surface area (Å²) in [6, 6.07) is 24.6. The Labute approximate surface area is 279 Å². The molecule has 8 nitrogen and oxygen atoms in total. The summed E-state index contributed by atoms with van der Waals surface area (Å²) in [5.74, 6) is -2.79. The van der Waals surface area contributed by atoms with Crippen molar-refractivity contribution in [3.8, 4) is 0 Å². The van der Waals surface area contributed by atoms with E-state index in [1.165, 1.54) is 4.90 Å². The first-order chi connectivity index (χ1) is 22.8. The van der Waals surface area contributed by atoms with Gasteiger partial charge >= 0.3 is 0 Å². The van der Waals surface area contributed by atoms with Crippen molar-refractivity contribution in [3.05, 3.63) is 125 Å². The summed E-state index contributed by atoms with van der Waals surface area (Å²) < 4.78 is 7.13. The molecule has 1 unspecified atom stereocenters. The van der Waals surface area contributed by atoms with Crippen molar-refractivity contribution in [1.82, 2.24) is 9.80 Å². The van der Waals surface area contributed by atoms with Crippen LogP contribution in [0.1, 0.15) is 24.5 Å². The fourth-order valence-electron chi connectivity index (χ4n) is 8.11. The topological polar surface area (TPSA) is 90.4 Å². The van der Waals surface area contributed by atoms with Crippen LogP contribution < -0.4 is 4.90 Å². The van der Waals surface area contributed by atoms with Gasteiger partial charge in [-0.25, -0.2) is 0 Å². The third-order valence-electron chi connectivity index (χ3n) is 10.2. The number of hydrogen-bond acceptors (Lipinski definition) is 5. The highest BCUT2D eigenvalue weighted by atomic mass is 35.5. The first-order valence-electron chi connectivity index (χ1n) is 16.2.